The van der Waals surface area contributed by atoms with Crippen LogP contribution in [-0.4, -0.2) is 16.6 Å². The molecule has 0 radical (unpaired) electrons. The molecule has 3 rings (SSSR count). The quantitative estimate of drug-likeness (QED) is 0.888. The van der Waals surface area contributed by atoms with Crippen LogP contribution >= 0.6 is 11.3 Å². The van der Waals surface area contributed by atoms with Crippen molar-refractivity contribution in [2.24, 2.45) is 0 Å². The lowest BCUT2D eigenvalue weighted by molar-refractivity contribution is 0.469. The molecular formula is C14H16N2OS. The maximum atomic E-state index is 9.79. The SMILES string of the molecule is Oc1cccc2c1CCC2NCCc1nccs1. The second-order valence-corrected chi connectivity index (χ2v) is 5.55. The highest BCUT2D eigenvalue weighted by molar-refractivity contribution is 7.09. The summed E-state index contributed by atoms with van der Waals surface area (Å²) in [4.78, 5) is 4.28. The highest BCUT2D eigenvalue weighted by atomic mass is 32.1. The van der Waals surface area contributed by atoms with Gasteiger partial charge in [0.1, 0.15) is 5.75 Å². The minimum atomic E-state index is 0.382. The first-order valence-electron chi connectivity index (χ1n) is 6.27. The van der Waals surface area contributed by atoms with Crippen LogP contribution < -0.4 is 5.32 Å². The van der Waals surface area contributed by atoms with Crippen molar-refractivity contribution in [3.05, 3.63) is 45.9 Å². The first-order valence-corrected chi connectivity index (χ1v) is 7.15. The highest BCUT2D eigenvalue weighted by Crippen LogP contribution is 2.36. The Labute approximate surface area is 111 Å². The van der Waals surface area contributed by atoms with E-state index < -0.39 is 0 Å². The molecule has 0 saturated heterocycles. The van der Waals surface area contributed by atoms with E-state index in [1.54, 1.807) is 17.4 Å². The second-order valence-electron chi connectivity index (χ2n) is 4.57. The number of aromatic nitrogens is 1. The van der Waals surface area contributed by atoms with E-state index in [0.29, 0.717) is 11.8 Å². The lowest BCUT2D eigenvalue weighted by Crippen LogP contribution is -2.21. The molecule has 1 heterocycles. The Kier molecular flexibility index (Phi) is 3.30. The Morgan fingerprint density at radius 2 is 2.39 bits per heavy atom. The number of phenols is 1. The third-order valence-corrected chi connectivity index (χ3v) is 4.30. The molecular weight excluding hydrogens is 244 g/mol. The normalized spacial score (nSPS) is 17.9. The van der Waals surface area contributed by atoms with Gasteiger partial charge in [-0.15, -0.1) is 11.3 Å². The van der Waals surface area contributed by atoms with Crippen LogP contribution in [0, 0.1) is 0 Å². The van der Waals surface area contributed by atoms with Crippen LogP contribution in [0.1, 0.15) is 28.6 Å². The Bertz CT molecular complexity index is 525. The summed E-state index contributed by atoms with van der Waals surface area (Å²) in [6, 6.07) is 6.20. The molecule has 0 saturated carbocycles. The van der Waals surface area contributed by atoms with Gasteiger partial charge in [-0.25, -0.2) is 4.98 Å². The first-order chi connectivity index (χ1) is 8.84. The molecule has 1 aliphatic carbocycles. The number of thiazole rings is 1. The van der Waals surface area contributed by atoms with Gasteiger partial charge in [0, 0.05) is 30.6 Å². The Morgan fingerprint density at radius 1 is 1.44 bits per heavy atom. The minimum absolute atomic E-state index is 0.382. The van der Waals surface area contributed by atoms with Crippen molar-refractivity contribution < 1.29 is 5.11 Å². The molecule has 18 heavy (non-hydrogen) atoms. The van der Waals surface area contributed by atoms with Crippen LogP contribution in [0.3, 0.4) is 0 Å². The summed E-state index contributed by atoms with van der Waals surface area (Å²) in [5, 5.41) is 16.5. The molecule has 94 valence electrons. The summed E-state index contributed by atoms with van der Waals surface area (Å²) in [5.41, 5.74) is 2.37. The Morgan fingerprint density at radius 3 is 3.22 bits per heavy atom. The molecule has 0 spiro atoms. The lowest BCUT2D eigenvalue weighted by atomic mass is 10.1. The number of fused-ring (bicyclic) bond motifs is 1. The fraction of sp³-hybridized carbons (Fsp3) is 0.357. The monoisotopic (exact) mass is 260 g/mol. The molecule has 0 fully saturated rings. The molecule has 0 aliphatic heterocycles. The summed E-state index contributed by atoms with van der Waals surface area (Å²) < 4.78 is 0. The number of nitrogens with one attached hydrogen (secondary N) is 1. The highest BCUT2D eigenvalue weighted by Gasteiger charge is 2.23. The molecule has 1 aliphatic rings. The largest absolute Gasteiger partial charge is 0.508 e. The van der Waals surface area contributed by atoms with Gasteiger partial charge < -0.3 is 10.4 Å². The Hall–Kier alpha value is -1.39. The smallest absolute Gasteiger partial charge is 0.119 e. The summed E-state index contributed by atoms with van der Waals surface area (Å²) in [5.74, 6) is 0.441. The van der Waals surface area contributed by atoms with E-state index in [0.717, 1.165) is 31.4 Å². The van der Waals surface area contributed by atoms with Crippen molar-refractivity contribution in [3.63, 3.8) is 0 Å². The average molecular weight is 260 g/mol. The topological polar surface area (TPSA) is 45.1 Å². The van der Waals surface area contributed by atoms with Crippen LogP contribution in [0.15, 0.2) is 29.8 Å². The summed E-state index contributed by atoms with van der Waals surface area (Å²) in [6.45, 7) is 0.938. The van der Waals surface area contributed by atoms with Gasteiger partial charge in [-0.3, -0.25) is 0 Å². The van der Waals surface area contributed by atoms with Crippen molar-refractivity contribution in [2.45, 2.75) is 25.3 Å². The molecule has 1 unspecified atom stereocenters. The molecule has 0 bridgehead atoms. The fourth-order valence-electron chi connectivity index (χ4n) is 2.58. The molecule has 1 atom stereocenters. The van der Waals surface area contributed by atoms with Gasteiger partial charge in [-0.1, -0.05) is 12.1 Å². The zero-order valence-corrected chi connectivity index (χ0v) is 10.9. The van der Waals surface area contributed by atoms with E-state index >= 15 is 0 Å². The van der Waals surface area contributed by atoms with E-state index in [4.69, 9.17) is 0 Å². The summed E-state index contributed by atoms with van der Waals surface area (Å²) in [6.07, 6.45) is 4.87. The maximum Gasteiger partial charge on any atom is 0.119 e. The van der Waals surface area contributed by atoms with E-state index in [9.17, 15) is 5.11 Å². The van der Waals surface area contributed by atoms with Crippen molar-refractivity contribution in [2.75, 3.05) is 6.54 Å². The van der Waals surface area contributed by atoms with Crippen molar-refractivity contribution in [1.29, 1.82) is 0 Å². The van der Waals surface area contributed by atoms with Gasteiger partial charge in [0.15, 0.2) is 0 Å². The molecule has 0 amide bonds. The molecule has 1 aromatic heterocycles. The van der Waals surface area contributed by atoms with Crippen LogP contribution in [0.5, 0.6) is 5.75 Å². The predicted octanol–water partition coefficient (Wildman–Crippen LogP) is 2.67. The maximum absolute atomic E-state index is 9.79. The van der Waals surface area contributed by atoms with Gasteiger partial charge in [-0.2, -0.15) is 0 Å². The standard InChI is InChI=1S/C14H16N2OS/c17-13-3-1-2-10-11(13)4-5-12(10)15-7-6-14-16-8-9-18-14/h1-3,8-9,12,15,17H,4-7H2. The van der Waals surface area contributed by atoms with Crippen molar-refractivity contribution in [1.82, 2.24) is 10.3 Å². The van der Waals surface area contributed by atoms with E-state index in [-0.39, 0.29) is 0 Å². The summed E-state index contributed by atoms with van der Waals surface area (Å²) in [7, 11) is 0. The second kappa shape index (κ2) is 5.08. The molecule has 2 N–H and O–H groups in total. The summed E-state index contributed by atoms with van der Waals surface area (Å²) >= 11 is 1.70. The van der Waals surface area contributed by atoms with Gasteiger partial charge in [0.25, 0.3) is 0 Å². The van der Waals surface area contributed by atoms with Crippen LogP contribution in [0.2, 0.25) is 0 Å². The van der Waals surface area contributed by atoms with Gasteiger partial charge in [0.05, 0.1) is 5.01 Å². The van der Waals surface area contributed by atoms with Crippen molar-refractivity contribution >= 4 is 11.3 Å². The number of hydrogen-bond acceptors (Lipinski definition) is 4. The average Bonchev–Trinajstić information content (AvgIpc) is 3.00. The lowest BCUT2D eigenvalue weighted by Gasteiger charge is -2.13. The van der Waals surface area contributed by atoms with Gasteiger partial charge in [-0.05, 0) is 30.0 Å². The predicted molar refractivity (Wildman–Crippen MR) is 73.0 cm³/mol. The van der Waals surface area contributed by atoms with Crippen molar-refractivity contribution in [3.8, 4) is 5.75 Å². The number of rotatable bonds is 4. The van der Waals surface area contributed by atoms with Gasteiger partial charge in [0.2, 0.25) is 0 Å². The zero-order valence-electron chi connectivity index (χ0n) is 10.1. The van der Waals surface area contributed by atoms with Crippen LogP contribution in [0.25, 0.3) is 0 Å². The number of phenolic OH excluding ortho intramolecular Hbond substituents is 1. The number of hydrogen-bond donors (Lipinski definition) is 2. The van der Waals surface area contributed by atoms with E-state index in [1.165, 1.54) is 10.6 Å². The number of nitrogens with zero attached hydrogens (tertiary/aromatic N) is 1. The number of benzene rings is 1. The third kappa shape index (κ3) is 2.26. The third-order valence-electron chi connectivity index (χ3n) is 3.46. The van der Waals surface area contributed by atoms with E-state index in [2.05, 4.69) is 16.4 Å². The Balaban J connectivity index is 1.61. The van der Waals surface area contributed by atoms with Gasteiger partial charge >= 0.3 is 0 Å². The molecule has 4 heteroatoms. The van der Waals surface area contributed by atoms with Crippen LogP contribution in [-0.2, 0) is 12.8 Å². The fourth-order valence-corrected chi connectivity index (χ4v) is 3.20. The van der Waals surface area contributed by atoms with Crippen LogP contribution in [0.4, 0.5) is 0 Å². The minimum Gasteiger partial charge on any atom is -0.508 e. The molecule has 2 aromatic rings. The first kappa shape index (κ1) is 11.7. The van der Waals surface area contributed by atoms with E-state index in [1.807, 2.05) is 17.6 Å². The molecule has 1 aromatic carbocycles. The molecule has 3 nitrogen and oxygen atoms in total. The number of aromatic hydroxyl groups is 1. The zero-order chi connectivity index (χ0) is 12.4.